The van der Waals surface area contributed by atoms with Gasteiger partial charge in [-0.2, -0.15) is 0 Å². The number of hydrogen-bond donors (Lipinski definition) is 2. The van der Waals surface area contributed by atoms with Gasteiger partial charge in [0.25, 0.3) is 0 Å². The Balaban J connectivity index is 1.63. The van der Waals surface area contributed by atoms with Crippen molar-refractivity contribution in [3.63, 3.8) is 0 Å². The number of nitrogens with zero attached hydrogens (tertiary/aromatic N) is 1. The van der Waals surface area contributed by atoms with Gasteiger partial charge in [0.2, 0.25) is 0 Å². The van der Waals surface area contributed by atoms with E-state index >= 15 is 0 Å². The fraction of sp³-hybridized carbons (Fsp3) is 0.647. The van der Waals surface area contributed by atoms with Gasteiger partial charge in [-0.3, -0.25) is 4.90 Å². The van der Waals surface area contributed by atoms with Crippen molar-refractivity contribution in [1.82, 2.24) is 10.2 Å². The standard InChI is InChI=1S/C17H28N2O2/c1-14-5-7-17(8-6-14)21-10-4-3-9-19-12-15(2)18-11-16(19)13-20/h5-8,15-16,18,20H,3-4,9-13H2,1-2H3. The van der Waals surface area contributed by atoms with Crippen molar-refractivity contribution in [3.8, 4) is 5.75 Å². The summed E-state index contributed by atoms with van der Waals surface area (Å²) in [4.78, 5) is 2.40. The lowest BCUT2D eigenvalue weighted by atomic mass is 10.1. The highest BCUT2D eigenvalue weighted by atomic mass is 16.5. The molecule has 1 aromatic carbocycles. The monoisotopic (exact) mass is 292 g/mol. The molecule has 2 rings (SSSR count). The second-order valence-corrected chi connectivity index (χ2v) is 6.01. The van der Waals surface area contributed by atoms with E-state index in [0.29, 0.717) is 6.04 Å². The van der Waals surface area contributed by atoms with Crippen LogP contribution in [0.3, 0.4) is 0 Å². The normalized spacial score (nSPS) is 23.2. The van der Waals surface area contributed by atoms with Crippen LogP contribution >= 0.6 is 0 Å². The predicted molar refractivity (Wildman–Crippen MR) is 85.8 cm³/mol. The van der Waals surface area contributed by atoms with Gasteiger partial charge in [-0.15, -0.1) is 0 Å². The molecule has 0 aliphatic carbocycles. The fourth-order valence-electron chi connectivity index (χ4n) is 2.73. The van der Waals surface area contributed by atoms with E-state index < -0.39 is 0 Å². The quantitative estimate of drug-likeness (QED) is 0.752. The minimum atomic E-state index is 0.236. The van der Waals surface area contributed by atoms with Gasteiger partial charge in [0, 0.05) is 25.2 Å². The summed E-state index contributed by atoms with van der Waals surface area (Å²) in [5.41, 5.74) is 1.25. The second-order valence-electron chi connectivity index (χ2n) is 6.01. The number of hydrogen-bond acceptors (Lipinski definition) is 4. The Kier molecular flexibility index (Phi) is 6.49. The first-order chi connectivity index (χ1) is 10.2. The Morgan fingerprint density at radius 3 is 2.76 bits per heavy atom. The first-order valence-corrected chi connectivity index (χ1v) is 7.97. The van der Waals surface area contributed by atoms with Crippen molar-refractivity contribution in [1.29, 1.82) is 0 Å². The third kappa shape index (κ3) is 5.30. The van der Waals surface area contributed by atoms with Gasteiger partial charge in [-0.25, -0.2) is 0 Å². The van der Waals surface area contributed by atoms with Gasteiger partial charge in [-0.1, -0.05) is 17.7 Å². The fourth-order valence-corrected chi connectivity index (χ4v) is 2.73. The molecule has 1 heterocycles. The van der Waals surface area contributed by atoms with E-state index in [1.54, 1.807) is 0 Å². The molecule has 2 atom stereocenters. The molecule has 21 heavy (non-hydrogen) atoms. The molecule has 4 nitrogen and oxygen atoms in total. The SMILES string of the molecule is Cc1ccc(OCCCCN2CC(C)NCC2CO)cc1. The lowest BCUT2D eigenvalue weighted by Crippen LogP contribution is -2.56. The van der Waals surface area contributed by atoms with Gasteiger partial charge in [0.15, 0.2) is 0 Å². The number of nitrogens with one attached hydrogen (secondary N) is 1. The van der Waals surface area contributed by atoms with E-state index in [0.717, 1.165) is 44.8 Å². The zero-order valence-corrected chi connectivity index (χ0v) is 13.2. The first kappa shape index (κ1) is 16.3. The minimum Gasteiger partial charge on any atom is -0.494 e. The summed E-state index contributed by atoms with van der Waals surface area (Å²) in [7, 11) is 0. The number of rotatable bonds is 7. The Morgan fingerprint density at radius 2 is 2.05 bits per heavy atom. The molecule has 4 heteroatoms. The molecule has 2 N–H and O–H groups in total. The molecule has 1 fully saturated rings. The summed E-state index contributed by atoms with van der Waals surface area (Å²) in [6, 6.07) is 8.97. The molecule has 0 saturated carbocycles. The van der Waals surface area contributed by atoms with E-state index in [2.05, 4.69) is 36.2 Å². The van der Waals surface area contributed by atoms with Crippen LogP contribution in [0, 0.1) is 6.92 Å². The maximum Gasteiger partial charge on any atom is 0.119 e. The average Bonchev–Trinajstić information content (AvgIpc) is 2.49. The van der Waals surface area contributed by atoms with Gasteiger partial charge in [0.1, 0.15) is 5.75 Å². The van der Waals surface area contributed by atoms with Crippen LogP contribution in [-0.4, -0.2) is 54.9 Å². The molecule has 0 radical (unpaired) electrons. The summed E-state index contributed by atoms with van der Waals surface area (Å²) < 4.78 is 5.74. The van der Waals surface area contributed by atoms with Gasteiger partial charge in [0.05, 0.1) is 13.2 Å². The summed E-state index contributed by atoms with van der Waals surface area (Å²) in [5, 5.41) is 12.8. The van der Waals surface area contributed by atoms with Crippen LogP contribution in [0.5, 0.6) is 5.75 Å². The molecular weight excluding hydrogens is 264 g/mol. The molecule has 1 aromatic rings. The number of aliphatic hydroxyl groups excluding tert-OH is 1. The van der Waals surface area contributed by atoms with E-state index in [-0.39, 0.29) is 12.6 Å². The Bertz CT molecular complexity index is 408. The molecule has 0 spiro atoms. The Morgan fingerprint density at radius 1 is 1.29 bits per heavy atom. The molecule has 1 aliphatic rings. The molecule has 118 valence electrons. The number of piperazine rings is 1. The van der Waals surface area contributed by atoms with Crippen LogP contribution in [0.1, 0.15) is 25.3 Å². The van der Waals surface area contributed by atoms with Crippen molar-refractivity contribution in [2.45, 2.75) is 38.8 Å². The molecule has 0 aromatic heterocycles. The van der Waals surface area contributed by atoms with Crippen LogP contribution in [0.15, 0.2) is 24.3 Å². The van der Waals surface area contributed by atoms with Gasteiger partial charge in [-0.05, 0) is 45.4 Å². The van der Waals surface area contributed by atoms with Crippen molar-refractivity contribution in [3.05, 3.63) is 29.8 Å². The smallest absolute Gasteiger partial charge is 0.119 e. The summed E-state index contributed by atoms with van der Waals surface area (Å²) >= 11 is 0. The minimum absolute atomic E-state index is 0.236. The van der Waals surface area contributed by atoms with Crippen molar-refractivity contribution in [2.24, 2.45) is 0 Å². The van der Waals surface area contributed by atoms with E-state index in [1.165, 1.54) is 5.56 Å². The molecule has 0 bridgehead atoms. The van der Waals surface area contributed by atoms with E-state index in [9.17, 15) is 5.11 Å². The van der Waals surface area contributed by atoms with E-state index in [4.69, 9.17) is 4.74 Å². The molecule has 2 unspecified atom stereocenters. The lowest BCUT2D eigenvalue weighted by Gasteiger charge is -2.38. The van der Waals surface area contributed by atoms with Crippen LogP contribution in [-0.2, 0) is 0 Å². The third-order valence-electron chi connectivity index (χ3n) is 4.07. The molecular formula is C17H28N2O2. The average molecular weight is 292 g/mol. The number of aryl methyl sites for hydroxylation is 1. The largest absolute Gasteiger partial charge is 0.494 e. The van der Waals surface area contributed by atoms with Crippen LogP contribution in [0.25, 0.3) is 0 Å². The molecule has 1 aliphatic heterocycles. The number of unbranched alkanes of at least 4 members (excludes halogenated alkanes) is 1. The van der Waals surface area contributed by atoms with E-state index in [1.807, 2.05) is 12.1 Å². The van der Waals surface area contributed by atoms with Crippen LogP contribution < -0.4 is 10.1 Å². The topological polar surface area (TPSA) is 44.7 Å². The summed E-state index contributed by atoms with van der Waals surface area (Å²) in [5.74, 6) is 0.949. The first-order valence-electron chi connectivity index (χ1n) is 7.97. The van der Waals surface area contributed by atoms with Crippen molar-refractivity contribution >= 4 is 0 Å². The number of ether oxygens (including phenoxy) is 1. The Labute approximate surface area is 128 Å². The third-order valence-corrected chi connectivity index (χ3v) is 4.07. The zero-order chi connectivity index (χ0) is 15.1. The maximum absolute atomic E-state index is 9.42. The second kappa shape index (κ2) is 8.37. The zero-order valence-electron chi connectivity index (χ0n) is 13.2. The highest BCUT2D eigenvalue weighted by Gasteiger charge is 2.24. The van der Waals surface area contributed by atoms with Gasteiger partial charge < -0.3 is 15.2 Å². The highest BCUT2D eigenvalue weighted by molar-refractivity contribution is 5.26. The predicted octanol–water partition coefficient (Wildman–Crippen LogP) is 1.81. The van der Waals surface area contributed by atoms with Crippen molar-refractivity contribution in [2.75, 3.05) is 32.8 Å². The van der Waals surface area contributed by atoms with Gasteiger partial charge >= 0.3 is 0 Å². The summed E-state index contributed by atoms with van der Waals surface area (Å²) in [6.45, 7) is 8.21. The lowest BCUT2D eigenvalue weighted by molar-refractivity contribution is 0.0816. The molecule has 0 amide bonds. The highest BCUT2D eigenvalue weighted by Crippen LogP contribution is 2.12. The molecule has 1 saturated heterocycles. The van der Waals surface area contributed by atoms with Crippen LogP contribution in [0.2, 0.25) is 0 Å². The number of aliphatic hydroxyl groups is 1. The van der Waals surface area contributed by atoms with Crippen molar-refractivity contribution < 1.29 is 9.84 Å². The Hall–Kier alpha value is -1.10. The maximum atomic E-state index is 9.42. The number of benzene rings is 1. The van der Waals surface area contributed by atoms with Crippen LogP contribution in [0.4, 0.5) is 0 Å². The summed E-state index contributed by atoms with van der Waals surface area (Å²) in [6.07, 6.45) is 2.15.